The molecule has 0 saturated carbocycles. The van der Waals surface area contributed by atoms with Crippen LogP contribution in [0.15, 0.2) is 36.6 Å². The largest absolute Gasteiger partial charge is 0.495 e. The summed E-state index contributed by atoms with van der Waals surface area (Å²) in [4.78, 5) is 0. The minimum Gasteiger partial charge on any atom is -0.495 e. The van der Waals surface area contributed by atoms with Crippen molar-refractivity contribution in [3.63, 3.8) is 0 Å². The van der Waals surface area contributed by atoms with E-state index < -0.39 is 0 Å². The van der Waals surface area contributed by atoms with E-state index in [4.69, 9.17) is 16.3 Å². The van der Waals surface area contributed by atoms with E-state index in [0.29, 0.717) is 18.2 Å². The zero-order chi connectivity index (χ0) is 8.53. The Kier molecular flexibility index (Phi) is 6.95. The third-order valence-electron chi connectivity index (χ3n) is 0.948. The second-order valence-electron chi connectivity index (χ2n) is 1.84. The molecule has 0 radical (unpaired) electrons. The van der Waals surface area contributed by atoms with Gasteiger partial charge in [0.15, 0.2) is 0 Å². The van der Waals surface area contributed by atoms with Crippen molar-refractivity contribution in [3.8, 4) is 0 Å². The van der Waals surface area contributed by atoms with Crippen LogP contribution in [0.3, 0.4) is 0 Å². The average molecular weight is 173 g/mol. The summed E-state index contributed by atoms with van der Waals surface area (Å²) >= 11 is 5.40. The van der Waals surface area contributed by atoms with Gasteiger partial charge in [0.05, 0.1) is 6.61 Å². The second-order valence-corrected chi connectivity index (χ2v) is 2.15. The molecule has 0 N–H and O–H groups in total. The number of ether oxygens (including phenoxy) is 1. The molecular weight excluding hydrogens is 160 g/mol. The molecule has 0 aliphatic carbocycles. The van der Waals surface area contributed by atoms with Crippen LogP contribution >= 0.6 is 11.6 Å². The minimum absolute atomic E-state index is 0.533. The molecule has 0 amide bonds. The smallest absolute Gasteiger partial charge is 0.112 e. The number of hydrogen-bond donors (Lipinski definition) is 0. The van der Waals surface area contributed by atoms with E-state index in [1.807, 2.05) is 25.2 Å². The van der Waals surface area contributed by atoms with Crippen LogP contribution in [0.4, 0.5) is 0 Å². The molecule has 0 bridgehead atoms. The Hall–Kier alpha value is -0.690. The zero-order valence-electron chi connectivity index (χ0n) is 6.72. The van der Waals surface area contributed by atoms with Gasteiger partial charge in [0.2, 0.25) is 0 Å². The summed E-state index contributed by atoms with van der Waals surface area (Å²) in [6.07, 6.45) is 7.35. The predicted octanol–water partition coefficient (Wildman–Crippen LogP) is 2.89. The van der Waals surface area contributed by atoms with Crippen molar-refractivity contribution in [2.24, 2.45) is 0 Å². The molecule has 1 nitrogen and oxygen atoms in total. The van der Waals surface area contributed by atoms with Crippen LogP contribution < -0.4 is 0 Å². The summed E-state index contributed by atoms with van der Waals surface area (Å²) < 4.78 is 5.07. The van der Waals surface area contributed by atoms with E-state index in [1.165, 1.54) is 0 Å². The number of hydrogen-bond acceptors (Lipinski definition) is 1. The highest BCUT2D eigenvalue weighted by Gasteiger charge is 1.81. The van der Waals surface area contributed by atoms with Gasteiger partial charge in [-0.2, -0.15) is 0 Å². The number of alkyl halides is 1. The van der Waals surface area contributed by atoms with Crippen molar-refractivity contribution >= 4 is 11.6 Å². The van der Waals surface area contributed by atoms with Gasteiger partial charge in [-0.05, 0) is 13.0 Å². The first-order chi connectivity index (χ1) is 5.31. The molecule has 0 rings (SSSR count). The maximum Gasteiger partial charge on any atom is 0.112 e. The Morgan fingerprint density at radius 1 is 1.55 bits per heavy atom. The van der Waals surface area contributed by atoms with Gasteiger partial charge < -0.3 is 4.74 Å². The summed E-state index contributed by atoms with van der Waals surface area (Å²) in [6, 6.07) is 0. The van der Waals surface area contributed by atoms with Gasteiger partial charge in [-0.15, -0.1) is 11.6 Å². The summed E-state index contributed by atoms with van der Waals surface area (Å²) in [7, 11) is 0. The van der Waals surface area contributed by atoms with Gasteiger partial charge >= 0.3 is 0 Å². The van der Waals surface area contributed by atoms with E-state index in [0.717, 1.165) is 0 Å². The highest BCUT2D eigenvalue weighted by atomic mass is 35.5. The molecule has 0 aromatic rings. The Bertz CT molecular complexity index is 159. The molecule has 0 saturated heterocycles. The highest BCUT2D eigenvalue weighted by molar-refractivity contribution is 6.18. The van der Waals surface area contributed by atoms with Gasteiger partial charge in [-0.1, -0.05) is 24.8 Å². The van der Waals surface area contributed by atoms with Crippen LogP contribution in [-0.4, -0.2) is 12.5 Å². The molecule has 11 heavy (non-hydrogen) atoms. The molecule has 62 valence electrons. The molecule has 0 aliphatic rings. The molecule has 0 spiro atoms. The first-order valence-electron chi connectivity index (χ1n) is 3.52. The normalized spacial score (nSPS) is 11.1. The first-order valence-corrected chi connectivity index (χ1v) is 4.05. The quantitative estimate of drug-likeness (QED) is 0.352. The monoisotopic (exact) mass is 172 g/mol. The summed E-state index contributed by atoms with van der Waals surface area (Å²) in [5, 5.41) is 0. The Labute approximate surface area is 73.0 Å². The van der Waals surface area contributed by atoms with E-state index in [2.05, 4.69) is 6.58 Å². The lowest BCUT2D eigenvalue weighted by Crippen LogP contribution is -1.84. The van der Waals surface area contributed by atoms with Crippen LogP contribution in [0.1, 0.15) is 6.92 Å². The molecule has 0 aromatic carbocycles. The Morgan fingerprint density at radius 3 is 2.82 bits per heavy atom. The SMILES string of the molecule is C=C(/C=C/C=C/CCl)OCC. The minimum atomic E-state index is 0.533. The van der Waals surface area contributed by atoms with Crippen molar-refractivity contribution in [2.75, 3.05) is 12.5 Å². The van der Waals surface area contributed by atoms with Crippen LogP contribution in [0, 0.1) is 0 Å². The maximum atomic E-state index is 5.40. The molecule has 0 unspecified atom stereocenters. The number of rotatable bonds is 5. The maximum absolute atomic E-state index is 5.40. The zero-order valence-corrected chi connectivity index (χ0v) is 7.47. The lowest BCUT2D eigenvalue weighted by molar-refractivity contribution is 0.244. The topological polar surface area (TPSA) is 9.23 Å². The van der Waals surface area contributed by atoms with Gasteiger partial charge in [-0.3, -0.25) is 0 Å². The molecule has 0 fully saturated rings. The fraction of sp³-hybridized carbons (Fsp3) is 0.333. The standard InChI is InChI=1S/C9H13ClO/c1-3-11-9(2)7-5-4-6-8-10/h4-7H,2-3,8H2,1H3/b6-4+,7-5+. The predicted molar refractivity (Wildman–Crippen MR) is 49.8 cm³/mol. The fourth-order valence-corrected chi connectivity index (χ4v) is 0.629. The van der Waals surface area contributed by atoms with Crippen LogP contribution in [0.5, 0.6) is 0 Å². The molecule has 0 atom stereocenters. The van der Waals surface area contributed by atoms with Crippen LogP contribution in [-0.2, 0) is 4.74 Å². The van der Waals surface area contributed by atoms with Crippen molar-refractivity contribution in [1.29, 1.82) is 0 Å². The van der Waals surface area contributed by atoms with Crippen LogP contribution in [0.2, 0.25) is 0 Å². The van der Waals surface area contributed by atoms with Crippen molar-refractivity contribution in [3.05, 3.63) is 36.6 Å². The Morgan fingerprint density at radius 2 is 2.27 bits per heavy atom. The lowest BCUT2D eigenvalue weighted by atomic mass is 10.4. The average Bonchev–Trinajstić information content (AvgIpc) is 1.99. The third-order valence-corrected chi connectivity index (χ3v) is 1.13. The summed E-state index contributed by atoms with van der Waals surface area (Å²) in [6.45, 7) is 6.25. The molecule has 0 heterocycles. The van der Waals surface area contributed by atoms with E-state index >= 15 is 0 Å². The number of allylic oxidation sites excluding steroid dienone is 4. The summed E-state index contributed by atoms with van der Waals surface area (Å²) in [5.41, 5.74) is 0. The fourth-order valence-electron chi connectivity index (χ4n) is 0.526. The third kappa shape index (κ3) is 7.20. The number of halogens is 1. The van der Waals surface area contributed by atoms with E-state index in [-0.39, 0.29) is 0 Å². The van der Waals surface area contributed by atoms with Gasteiger partial charge in [-0.25, -0.2) is 0 Å². The van der Waals surface area contributed by atoms with Crippen LogP contribution in [0.25, 0.3) is 0 Å². The lowest BCUT2D eigenvalue weighted by Gasteiger charge is -1.98. The van der Waals surface area contributed by atoms with E-state index in [9.17, 15) is 0 Å². The first kappa shape index (κ1) is 10.3. The molecule has 0 aliphatic heterocycles. The molecule has 2 heteroatoms. The van der Waals surface area contributed by atoms with Crippen molar-refractivity contribution < 1.29 is 4.74 Å². The van der Waals surface area contributed by atoms with Gasteiger partial charge in [0.1, 0.15) is 5.76 Å². The molecule has 0 aromatic heterocycles. The van der Waals surface area contributed by atoms with Gasteiger partial charge in [0, 0.05) is 5.88 Å². The van der Waals surface area contributed by atoms with Gasteiger partial charge in [0.25, 0.3) is 0 Å². The van der Waals surface area contributed by atoms with Crippen molar-refractivity contribution in [1.82, 2.24) is 0 Å². The van der Waals surface area contributed by atoms with E-state index in [1.54, 1.807) is 6.08 Å². The highest BCUT2D eigenvalue weighted by Crippen LogP contribution is 1.94. The molecular formula is C9H13ClO. The summed E-state index contributed by atoms with van der Waals surface area (Å²) in [5.74, 6) is 1.21. The van der Waals surface area contributed by atoms with Crippen molar-refractivity contribution in [2.45, 2.75) is 6.92 Å². The second kappa shape index (κ2) is 7.42. The Balaban J connectivity index is 3.56.